The Labute approximate surface area is 245 Å². The average molecular weight is 582 g/mol. The molecule has 1 aliphatic heterocycles. The molecular formula is C31H39N3O8. The van der Waals surface area contributed by atoms with E-state index in [1.807, 2.05) is 0 Å². The molecule has 2 aliphatic rings. The molecule has 0 radical (unpaired) electrons. The largest absolute Gasteiger partial charge is 0.497 e. The van der Waals surface area contributed by atoms with Gasteiger partial charge in [-0.05, 0) is 46.2 Å². The maximum atomic E-state index is 13.7. The van der Waals surface area contributed by atoms with E-state index in [1.165, 1.54) is 4.90 Å². The number of carbonyl (C=O) groups excluding carboxylic acids is 4. The summed E-state index contributed by atoms with van der Waals surface area (Å²) in [4.78, 5) is 58.1. The molecule has 0 bridgehead atoms. The lowest BCUT2D eigenvalue weighted by molar-refractivity contribution is -0.149. The zero-order chi connectivity index (χ0) is 30.8. The lowest BCUT2D eigenvalue weighted by Crippen LogP contribution is -2.53. The smallest absolute Gasteiger partial charge is 0.411 e. The van der Waals surface area contributed by atoms with Crippen LogP contribution in [0.15, 0.2) is 36.9 Å². The van der Waals surface area contributed by atoms with Crippen LogP contribution in [0.1, 0.15) is 64.4 Å². The Hall–Kier alpha value is -4.15. The van der Waals surface area contributed by atoms with Gasteiger partial charge in [0.2, 0.25) is 5.91 Å². The SMILES string of the molecule is C=C[C@@H]1C[C@]1(NC(=O)[C@@H]1C[C@@H](Oc2cc(C(=O)CC)nc3cc(OC)ccc23)CN1C(=O)OC(C)(C)C)C(=O)OCC. The van der Waals surface area contributed by atoms with E-state index in [4.69, 9.17) is 18.9 Å². The van der Waals surface area contributed by atoms with Gasteiger partial charge < -0.3 is 24.3 Å². The molecule has 0 unspecified atom stereocenters. The zero-order valence-electron chi connectivity index (χ0n) is 25.0. The minimum Gasteiger partial charge on any atom is -0.497 e. The highest BCUT2D eigenvalue weighted by molar-refractivity contribution is 5.98. The van der Waals surface area contributed by atoms with Crippen LogP contribution in [0, 0.1) is 5.92 Å². The Morgan fingerprint density at radius 3 is 2.52 bits per heavy atom. The first-order valence-corrected chi connectivity index (χ1v) is 14.2. The fourth-order valence-electron chi connectivity index (χ4n) is 5.12. The Kier molecular flexibility index (Phi) is 8.79. The Morgan fingerprint density at radius 1 is 1.19 bits per heavy atom. The fourth-order valence-corrected chi connectivity index (χ4v) is 5.12. The van der Waals surface area contributed by atoms with Crippen molar-refractivity contribution in [1.82, 2.24) is 15.2 Å². The van der Waals surface area contributed by atoms with Crippen molar-refractivity contribution in [2.45, 2.75) is 77.2 Å². The molecule has 11 nitrogen and oxygen atoms in total. The highest BCUT2D eigenvalue weighted by Crippen LogP contribution is 2.46. The number of fused-ring (bicyclic) bond motifs is 1. The van der Waals surface area contributed by atoms with Gasteiger partial charge in [-0.2, -0.15) is 0 Å². The predicted molar refractivity (Wildman–Crippen MR) is 154 cm³/mol. The molecule has 2 fully saturated rings. The normalized spacial score (nSPS) is 23.2. The molecule has 1 aliphatic carbocycles. The number of likely N-dealkylation sites (tertiary alicyclic amines) is 1. The Morgan fingerprint density at radius 2 is 1.93 bits per heavy atom. The number of pyridine rings is 1. The molecule has 2 heterocycles. The quantitative estimate of drug-likeness (QED) is 0.249. The van der Waals surface area contributed by atoms with Crippen LogP contribution in [0.3, 0.4) is 0 Å². The number of amides is 2. The third-order valence-corrected chi connectivity index (χ3v) is 7.36. The van der Waals surface area contributed by atoms with Crippen LogP contribution in [-0.4, -0.2) is 77.2 Å². The first-order chi connectivity index (χ1) is 19.8. The summed E-state index contributed by atoms with van der Waals surface area (Å²) in [5.74, 6) is -0.524. The molecule has 2 amide bonds. The summed E-state index contributed by atoms with van der Waals surface area (Å²) in [6.45, 7) is 12.6. The number of methoxy groups -OCH3 is 1. The maximum Gasteiger partial charge on any atom is 0.411 e. The van der Waals surface area contributed by atoms with Gasteiger partial charge in [0.05, 0.1) is 25.8 Å². The predicted octanol–water partition coefficient (Wildman–Crippen LogP) is 4.22. The summed E-state index contributed by atoms with van der Waals surface area (Å²) >= 11 is 0. The Bertz CT molecular complexity index is 1400. The van der Waals surface area contributed by atoms with E-state index in [1.54, 1.807) is 72.1 Å². The Balaban J connectivity index is 1.65. The van der Waals surface area contributed by atoms with Crippen LogP contribution in [0.5, 0.6) is 11.5 Å². The molecule has 1 N–H and O–H groups in total. The van der Waals surface area contributed by atoms with Gasteiger partial charge in [0.1, 0.15) is 40.5 Å². The first kappa shape index (κ1) is 30.8. The van der Waals surface area contributed by atoms with E-state index in [0.717, 1.165) is 0 Å². The lowest BCUT2D eigenvalue weighted by atomic mass is 10.1. The van der Waals surface area contributed by atoms with Gasteiger partial charge in [-0.15, -0.1) is 6.58 Å². The van der Waals surface area contributed by atoms with E-state index in [-0.39, 0.29) is 43.4 Å². The van der Waals surface area contributed by atoms with Gasteiger partial charge in [0.25, 0.3) is 0 Å². The standard InChI is InChI=1S/C31H39N3O8/c1-8-18-16-31(18,28(37)40-10-3)33-27(36)24-14-20(17-34(24)29(38)42-30(4,5)6)41-26-15-23(25(35)9-2)32-22-13-19(39-7)11-12-21(22)26/h8,11-13,15,18,20,24H,1,9-10,14,16-17H2,2-7H3,(H,33,36)/t18-,20-,24+,31-/m1/s1. The highest BCUT2D eigenvalue weighted by atomic mass is 16.6. The third-order valence-electron chi connectivity index (χ3n) is 7.36. The summed E-state index contributed by atoms with van der Waals surface area (Å²) in [6, 6.07) is 5.86. The number of benzene rings is 1. The van der Waals surface area contributed by atoms with Gasteiger partial charge in [-0.25, -0.2) is 14.6 Å². The average Bonchev–Trinajstić information content (AvgIpc) is 3.50. The maximum absolute atomic E-state index is 13.7. The van der Waals surface area contributed by atoms with Crippen molar-refractivity contribution >= 4 is 34.7 Å². The number of nitrogens with one attached hydrogen (secondary N) is 1. The number of aromatic nitrogens is 1. The van der Waals surface area contributed by atoms with E-state index in [9.17, 15) is 19.2 Å². The van der Waals surface area contributed by atoms with E-state index >= 15 is 0 Å². The molecule has 1 saturated carbocycles. The molecule has 11 heteroatoms. The minimum atomic E-state index is -1.22. The molecule has 4 rings (SSSR count). The van der Waals surface area contributed by atoms with Crippen molar-refractivity contribution in [3.05, 3.63) is 42.6 Å². The number of carbonyl (C=O) groups is 4. The van der Waals surface area contributed by atoms with Crippen LogP contribution in [0.4, 0.5) is 4.79 Å². The van der Waals surface area contributed by atoms with Crippen molar-refractivity contribution < 1.29 is 38.1 Å². The monoisotopic (exact) mass is 581 g/mol. The molecule has 4 atom stereocenters. The molecule has 0 spiro atoms. The molecule has 226 valence electrons. The number of rotatable bonds is 10. The van der Waals surface area contributed by atoms with Crippen LogP contribution in [-0.2, 0) is 19.1 Å². The summed E-state index contributed by atoms with van der Waals surface area (Å²) in [5, 5.41) is 3.49. The van der Waals surface area contributed by atoms with Crippen molar-refractivity contribution in [2.75, 3.05) is 20.3 Å². The number of Topliss-reactive ketones (excluding diaryl/α,β-unsaturated/α-hetero) is 1. The zero-order valence-corrected chi connectivity index (χ0v) is 25.0. The molecule has 2 aromatic rings. The third kappa shape index (κ3) is 6.34. The van der Waals surface area contributed by atoms with Crippen molar-refractivity contribution in [1.29, 1.82) is 0 Å². The molecular weight excluding hydrogens is 542 g/mol. The summed E-state index contributed by atoms with van der Waals surface area (Å²) in [6.07, 6.45) is 1.05. The minimum absolute atomic E-state index is 0.0430. The summed E-state index contributed by atoms with van der Waals surface area (Å²) < 4.78 is 22.6. The molecule has 1 saturated heterocycles. The molecule has 1 aromatic carbocycles. The second-order valence-corrected chi connectivity index (χ2v) is 11.5. The van der Waals surface area contributed by atoms with Gasteiger partial charge in [-0.3, -0.25) is 14.5 Å². The fraction of sp³-hybridized carbons (Fsp3) is 0.516. The number of ether oxygens (including phenoxy) is 4. The van der Waals surface area contributed by atoms with Crippen LogP contribution in [0.2, 0.25) is 0 Å². The first-order valence-electron chi connectivity index (χ1n) is 14.2. The number of esters is 1. The van der Waals surface area contributed by atoms with Crippen LogP contribution >= 0.6 is 0 Å². The molecule has 1 aromatic heterocycles. The van der Waals surface area contributed by atoms with Crippen molar-refractivity contribution in [3.8, 4) is 11.5 Å². The van der Waals surface area contributed by atoms with Gasteiger partial charge in [-0.1, -0.05) is 13.0 Å². The van der Waals surface area contributed by atoms with Gasteiger partial charge in [0.15, 0.2) is 5.78 Å². The van der Waals surface area contributed by atoms with Crippen molar-refractivity contribution in [2.24, 2.45) is 5.92 Å². The lowest BCUT2D eigenvalue weighted by Gasteiger charge is -2.28. The van der Waals surface area contributed by atoms with Crippen LogP contribution in [0.25, 0.3) is 10.9 Å². The number of hydrogen-bond acceptors (Lipinski definition) is 9. The topological polar surface area (TPSA) is 133 Å². The number of nitrogens with zero attached hydrogens (tertiary/aromatic N) is 2. The van der Waals surface area contributed by atoms with E-state index in [0.29, 0.717) is 28.8 Å². The van der Waals surface area contributed by atoms with E-state index in [2.05, 4.69) is 16.9 Å². The number of ketones is 1. The highest BCUT2D eigenvalue weighted by Gasteiger charge is 2.62. The van der Waals surface area contributed by atoms with E-state index < -0.39 is 41.3 Å². The summed E-state index contributed by atoms with van der Waals surface area (Å²) in [7, 11) is 1.54. The second kappa shape index (κ2) is 12.0. The van der Waals surface area contributed by atoms with Crippen LogP contribution < -0.4 is 14.8 Å². The van der Waals surface area contributed by atoms with Crippen molar-refractivity contribution in [3.63, 3.8) is 0 Å². The van der Waals surface area contributed by atoms with Gasteiger partial charge >= 0.3 is 12.1 Å². The second-order valence-electron chi connectivity index (χ2n) is 11.5. The molecule has 42 heavy (non-hydrogen) atoms. The summed E-state index contributed by atoms with van der Waals surface area (Å²) in [5.41, 5.74) is -1.27. The van der Waals surface area contributed by atoms with Gasteiger partial charge in [0, 0.05) is 36.3 Å². The number of hydrogen-bond donors (Lipinski definition) is 1.